The SMILES string of the molecule is Cc1ccc(/C=C/C(=O)NCC2CCN(C(=O)CC#N)CC2)cc1. The van der Waals surface area contributed by atoms with Gasteiger partial charge in [0, 0.05) is 25.7 Å². The summed E-state index contributed by atoms with van der Waals surface area (Å²) in [5.41, 5.74) is 2.19. The van der Waals surface area contributed by atoms with E-state index in [1.807, 2.05) is 37.3 Å². The number of nitriles is 1. The molecule has 1 saturated heterocycles. The molecule has 1 aromatic rings. The number of likely N-dealkylation sites (tertiary alicyclic amines) is 1. The predicted octanol–water partition coefficient (Wildman–Crippen LogP) is 2.28. The number of nitrogens with one attached hydrogen (secondary N) is 1. The van der Waals surface area contributed by atoms with Crippen molar-refractivity contribution in [3.05, 3.63) is 41.5 Å². The molecule has 126 valence electrons. The summed E-state index contributed by atoms with van der Waals surface area (Å²) in [5, 5.41) is 11.5. The van der Waals surface area contributed by atoms with Crippen molar-refractivity contribution in [2.45, 2.75) is 26.2 Å². The largest absolute Gasteiger partial charge is 0.352 e. The second-order valence-electron chi connectivity index (χ2n) is 6.15. The van der Waals surface area contributed by atoms with Crippen molar-refractivity contribution in [3.63, 3.8) is 0 Å². The molecule has 0 radical (unpaired) electrons. The van der Waals surface area contributed by atoms with Crippen molar-refractivity contribution in [1.82, 2.24) is 10.2 Å². The lowest BCUT2D eigenvalue weighted by Gasteiger charge is -2.31. The maximum Gasteiger partial charge on any atom is 0.244 e. The number of hydrogen-bond acceptors (Lipinski definition) is 3. The van der Waals surface area contributed by atoms with Crippen LogP contribution in [0.4, 0.5) is 0 Å². The van der Waals surface area contributed by atoms with Gasteiger partial charge in [-0.25, -0.2) is 0 Å². The number of aryl methyl sites for hydroxylation is 1. The number of rotatable bonds is 5. The van der Waals surface area contributed by atoms with E-state index in [0.29, 0.717) is 25.6 Å². The van der Waals surface area contributed by atoms with Crippen molar-refractivity contribution < 1.29 is 9.59 Å². The summed E-state index contributed by atoms with van der Waals surface area (Å²) in [7, 11) is 0. The van der Waals surface area contributed by atoms with Crippen LogP contribution in [0.3, 0.4) is 0 Å². The molecule has 0 saturated carbocycles. The molecule has 5 nitrogen and oxygen atoms in total. The van der Waals surface area contributed by atoms with E-state index in [9.17, 15) is 9.59 Å². The van der Waals surface area contributed by atoms with Gasteiger partial charge < -0.3 is 10.2 Å². The van der Waals surface area contributed by atoms with Crippen molar-refractivity contribution in [2.24, 2.45) is 5.92 Å². The zero-order chi connectivity index (χ0) is 17.4. The zero-order valence-electron chi connectivity index (χ0n) is 14.0. The second kappa shape index (κ2) is 8.88. The summed E-state index contributed by atoms with van der Waals surface area (Å²) in [6.45, 7) is 3.98. The minimum absolute atomic E-state index is 0.0504. The van der Waals surface area contributed by atoms with Crippen LogP contribution in [0, 0.1) is 24.2 Å². The van der Waals surface area contributed by atoms with E-state index < -0.39 is 0 Å². The minimum atomic E-state index is -0.0986. The molecule has 1 fully saturated rings. The Morgan fingerprint density at radius 2 is 1.96 bits per heavy atom. The van der Waals surface area contributed by atoms with Gasteiger partial charge in [0.2, 0.25) is 11.8 Å². The fourth-order valence-electron chi connectivity index (χ4n) is 2.72. The molecule has 2 rings (SSSR count). The van der Waals surface area contributed by atoms with Crippen molar-refractivity contribution in [2.75, 3.05) is 19.6 Å². The zero-order valence-corrected chi connectivity index (χ0v) is 14.0. The molecule has 1 aromatic carbocycles. The summed E-state index contributed by atoms with van der Waals surface area (Å²) < 4.78 is 0. The summed E-state index contributed by atoms with van der Waals surface area (Å²) in [6.07, 6.45) is 5.03. The van der Waals surface area contributed by atoms with E-state index in [2.05, 4.69) is 5.32 Å². The Morgan fingerprint density at radius 3 is 2.58 bits per heavy atom. The van der Waals surface area contributed by atoms with Gasteiger partial charge in [0.25, 0.3) is 0 Å². The highest BCUT2D eigenvalue weighted by molar-refractivity contribution is 5.91. The molecule has 1 aliphatic rings. The Morgan fingerprint density at radius 1 is 1.29 bits per heavy atom. The highest BCUT2D eigenvalue weighted by atomic mass is 16.2. The molecule has 24 heavy (non-hydrogen) atoms. The summed E-state index contributed by atoms with van der Waals surface area (Å²) in [5.74, 6) is 0.187. The van der Waals surface area contributed by atoms with E-state index in [4.69, 9.17) is 5.26 Å². The van der Waals surface area contributed by atoms with Crippen LogP contribution in [0.25, 0.3) is 6.08 Å². The van der Waals surface area contributed by atoms with Gasteiger partial charge in [-0.2, -0.15) is 5.26 Å². The fourth-order valence-corrected chi connectivity index (χ4v) is 2.72. The molecule has 1 aliphatic heterocycles. The van der Waals surface area contributed by atoms with Crippen molar-refractivity contribution in [3.8, 4) is 6.07 Å². The van der Waals surface area contributed by atoms with Gasteiger partial charge in [-0.15, -0.1) is 0 Å². The number of piperidine rings is 1. The first kappa shape index (κ1) is 17.7. The highest BCUT2D eigenvalue weighted by Crippen LogP contribution is 2.17. The van der Waals surface area contributed by atoms with Crippen LogP contribution < -0.4 is 5.32 Å². The first-order valence-corrected chi connectivity index (χ1v) is 8.26. The number of benzene rings is 1. The van der Waals surface area contributed by atoms with Crippen molar-refractivity contribution >= 4 is 17.9 Å². The van der Waals surface area contributed by atoms with Crippen molar-refractivity contribution in [1.29, 1.82) is 5.26 Å². The lowest BCUT2D eigenvalue weighted by atomic mass is 9.96. The summed E-state index contributed by atoms with van der Waals surface area (Å²) in [4.78, 5) is 25.3. The van der Waals surface area contributed by atoms with Crippen LogP contribution in [-0.4, -0.2) is 36.3 Å². The van der Waals surface area contributed by atoms with Gasteiger partial charge in [0.15, 0.2) is 0 Å². The predicted molar refractivity (Wildman–Crippen MR) is 92.8 cm³/mol. The van der Waals surface area contributed by atoms with Gasteiger partial charge in [0.05, 0.1) is 6.07 Å². The number of carbonyl (C=O) groups excluding carboxylic acids is 2. The van der Waals surface area contributed by atoms with E-state index >= 15 is 0 Å². The normalized spacial score (nSPS) is 15.2. The average molecular weight is 325 g/mol. The van der Waals surface area contributed by atoms with Gasteiger partial charge in [-0.1, -0.05) is 29.8 Å². The molecule has 0 bridgehead atoms. The third-order valence-corrected chi connectivity index (χ3v) is 4.27. The summed E-state index contributed by atoms with van der Waals surface area (Å²) >= 11 is 0. The van der Waals surface area contributed by atoms with Crippen LogP contribution in [0.1, 0.15) is 30.4 Å². The molecule has 0 aromatic heterocycles. The molecular formula is C19H23N3O2. The third kappa shape index (κ3) is 5.54. The van der Waals surface area contributed by atoms with Crippen LogP contribution in [-0.2, 0) is 9.59 Å². The Kier molecular flexibility index (Phi) is 6.56. The first-order chi connectivity index (χ1) is 11.6. The van der Waals surface area contributed by atoms with E-state index in [1.165, 1.54) is 5.56 Å². The molecule has 2 amide bonds. The maximum absolute atomic E-state index is 11.9. The quantitative estimate of drug-likeness (QED) is 0.844. The Balaban J connectivity index is 1.70. The van der Waals surface area contributed by atoms with Crippen LogP contribution in [0.15, 0.2) is 30.3 Å². The monoisotopic (exact) mass is 325 g/mol. The molecular weight excluding hydrogens is 302 g/mol. The molecule has 0 atom stereocenters. The maximum atomic E-state index is 11.9. The Labute approximate surface area is 143 Å². The molecule has 0 spiro atoms. The number of amides is 2. The molecule has 1 N–H and O–H groups in total. The fraction of sp³-hybridized carbons (Fsp3) is 0.421. The topological polar surface area (TPSA) is 73.2 Å². The third-order valence-electron chi connectivity index (χ3n) is 4.27. The first-order valence-electron chi connectivity index (χ1n) is 8.26. The Bertz CT molecular complexity index is 636. The smallest absolute Gasteiger partial charge is 0.244 e. The van der Waals surface area contributed by atoms with Crippen LogP contribution in [0.2, 0.25) is 0 Å². The van der Waals surface area contributed by atoms with Crippen LogP contribution in [0.5, 0.6) is 0 Å². The van der Waals surface area contributed by atoms with Gasteiger partial charge in [0.1, 0.15) is 6.42 Å². The van der Waals surface area contributed by atoms with E-state index in [1.54, 1.807) is 17.1 Å². The average Bonchev–Trinajstić information content (AvgIpc) is 2.60. The number of nitrogens with zero attached hydrogens (tertiary/aromatic N) is 2. The van der Waals surface area contributed by atoms with Crippen LogP contribution >= 0.6 is 0 Å². The molecule has 0 aliphatic carbocycles. The summed E-state index contributed by atoms with van der Waals surface area (Å²) in [6, 6.07) is 9.88. The number of carbonyl (C=O) groups is 2. The highest BCUT2D eigenvalue weighted by Gasteiger charge is 2.22. The Hall–Kier alpha value is -2.61. The molecule has 0 unspecified atom stereocenters. The number of hydrogen-bond donors (Lipinski definition) is 1. The lowest BCUT2D eigenvalue weighted by Crippen LogP contribution is -2.41. The van der Waals surface area contributed by atoms with E-state index in [0.717, 1.165) is 18.4 Å². The van der Waals surface area contributed by atoms with Gasteiger partial charge >= 0.3 is 0 Å². The van der Waals surface area contributed by atoms with Gasteiger partial charge in [-0.05, 0) is 37.3 Å². The minimum Gasteiger partial charge on any atom is -0.352 e. The standard InChI is InChI=1S/C19H23N3O2/c1-15-2-4-16(5-3-15)6-7-18(23)21-14-17-9-12-22(13-10-17)19(24)8-11-20/h2-7,17H,8-10,12-14H2,1H3,(H,21,23)/b7-6+. The lowest BCUT2D eigenvalue weighted by molar-refractivity contribution is -0.131. The molecule has 1 heterocycles. The van der Waals surface area contributed by atoms with Gasteiger partial charge in [-0.3, -0.25) is 9.59 Å². The second-order valence-corrected chi connectivity index (χ2v) is 6.15. The molecule has 5 heteroatoms. The van der Waals surface area contributed by atoms with E-state index in [-0.39, 0.29) is 18.2 Å².